The summed E-state index contributed by atoms with van der Waals surface area (Å²) in [6.07, 6.45) is 0.0956. The lowest BCUT2D eigenvalue weighted by molar-refractivity contribution is -0.123. The van der Waals surface area contributed by atoms with Crippen molar-refractivity contribution in [2.24, 2.45) is 5.92 Å². The molecule has 1 fully saturated rings. The van der Waals surface area contributed by atoms with Gasteiger partial charge in [0.05, 0.1) is 19.3 Å². The standard InChI is InChI=1S/C21H35N3O2/c1-5-23(14-19-8-6-7-18(4)11-19)16-21(25)22-12-20-15-24(9-10-26-20)13-17(2)3/h6-8,11,17,20H,5,9-10,12-16H2,1-4H3,(H,22,25). The van der Waals surface area contributed by atoms with E-state index in [-0.39, 0.29) is 12.0 Å². The summed E-state index contributed by atoms with van der Waals surface area (Å²) < 4.78 is 5.81. The fourth-order valence-electron chi connectivity index (χ4n) is 3.42. The minimum Gasteiger partial charge on any atom is -0.374 e. The van der Waals surface area contributed by atoms with Crippen LogP contribution in [0.25, 0.3) is 0 Å². The Balaban J connectivity index is 1.74. The Morgan fingerprint density at radius 2 is 2.23 bits per heavy atom. The number of rotatable bonds is 9. The van der Waals surface area contributed by atoms with E-state index in [1.165, 1.54) is 11.1 Å². The van der Waals surface area contributed by atoms with Gasteiger partial charge in [0.25, 0.3) is 0 Å². The van der Waals surface area contributed by atoms with Gasteiger partial charge in [0.2, 0.25) is 5.91 Å². The fourth-order valence-corrected chi connectivity index (χ4v) is 3.42. The highest BCUT2D eigenvalue weighted by atomic mass is 16.5. The molecule has 1 aliphatic rings. The molecule has 5 nitrogen and oxygen atoms in total. The lowest BCUT2D eigenvalue weighted by Crippen LogP contribution is -2.49. The van der Waals surface area contributed by atoms with Crippen molar-refractivity contribution in [2.45, 2.75) is 40.3 Å². The molecule has 1 saturated heterocycles. The topological polar surface area (TPSA) is 44.8 Å². The number of morpholine rings is 1. The first-order valence-electron chi connectivity index (χ1n) is 9.84. The first kappa shape index (κ1) is 20.9. The SMILES string of the molecule is CCN(CC(=O)NCC1CN(CC(C)C)CCO1)Cc1cccc(C)c1. The number of aryl methyl sites for hydroxylation is 1. The monoisotopic (exact) mass is 361 g/mol. The van der Waals surface area contributed by atoms with Gasteiger partial charge in [-0.3, -0.25) is 14.6 Å². The highest BCUT2D eigenvalue weighted by Crippen LogP contribution is 2.09. The van der Waals surface area contributed by atoms with Gasteiger partial charge < -0.3 is 10.1 Å². The van der Waals surface area contributed by atoms with Gasteiger partial charge in [-0.15, -0.1) is 0 Å². The van der Waals surface area contributed by atoms with E-state index < -0.39 is 0 Å². The average Bonchev–Trinajstić information content (AvgIpc) is 2.59. The van der Waals surface area contributed by atoms with Crippen LogP contribution in [0.4, 0.5) is 0 Å². The number of nitrogens with zero attached hydrogens (tertiary/aromatic N) is 2. The Bertz CT molecular complexity index is 562. The van der Waals surface area contributed by atoms with Crippen LogP contribution in [-0.4, -0.2) is 67.7 Å². The van der Waals surface area contributed by atoms with Gasteiger partial charge in [0, 0.05) is 32.7 Å². The Morgan fingerprint density at radius 3 is 2.92 bits per heavy atom. The van der Waals surface area contributed by atoms with Crippen molar-refractivity contribution >= 4 is 5.91 Å². The molecule has 0 bridgehead atoms. The molecular formula is C21H35N3O2. The maximum absolute atomic E-state index is 12.3. The van der Waals surface area contributed by atoms with E-state index in [1.807, 2.05) is 0 Å². The van der Waals surface area contributed by atoms with Crippen molar-refractivity contribution in [1.82, 2.24) is 15.1 Å². The second kappa shape index (κ2) is 10.7. The fraction of sp³-hybridized carbons (Fsp3) is 0.667. The number of ether oxygens (including phenoxy) is 1. The van der Waals surface area contributed by atoms with Crippen molar-refractivity contribution in [2.75, 3.05) is 45.9 Å². The van der Waals surface area contributed by atoms with Gasteiger partial charge in [0.1, 0.15) is 0 Å². The Labute approximate surface area is 158 Å². The van der Waals surface area contributed by atoms with Crippen LogP contribution < -0.4 is 5.32 Å². The van der Waals surface area contributed by atoms with Crippen LogP contribution in [0.1, 0.15) is 31.9 Å². The average molecular weight is 362 g/mol. The zero-order chi connectivity index (χ0) is 18.9. The molecule has 2 rings (SSSR count). The van der Waals surface area contributed by atoms with Gasteiger partial charge in [0.15, 0.2) is 0 Å². The molecule has 5 heteroatoms. The van der Waals surface area contributed by atoms with Crippen molar-refractivity contribution < 1.29 is 9.53 Å². The third kappa shape index (κ3) is 7.44. The summed E-state index contributed by atoms with van der Waals surface area (Å²) >= 11 is 0. The molecule has 1 aliphatic heterocycles. The van der Waals surface area contributed by atoms with Gasteiger partial charge in [-0.1, -0.05) is 50.6 Å². The van der Waals surface area contributed by atoms with Crippen LogP contribution >= 0.6 is 0 Å². The van der Waals surface area contributed by atoms with Gasteiger partial charge in [-0.05, 0) is 24.9 Å². The van der Waals surface area contributed by atoms with Crippen molar-refractivity contribution in [1.29, 1.82) is 0 Å². The number of likely N-dealkylation sites (N-methyl/N-ethyl adjacent to an activating group) is 1. The number of carbonyl (C=O) groups excluding carboxylic acids is 1. The lowest BCUT2D eigenvalue weighted by atomic mass is 10.1. The molecular weight excluding hydrogens is 326 g/mol. The molecule has 0 spiro atoms. The van der Waals surface area contributed by atoms with Gasteiger partial charge in [-0.25, -0.2) is 0 Å². The van der Waals surface area contributed by atoms with E-state index in [4.69, 9.17) is 4.74 Å². The second-order valence-electron chi connectivity index (χ2n) is 7.74. The first-order chi connectivity index (χ1) is 12.5. The summed E-state index contributed by atoms with van der Waals surface area (Å²) in [4.78, 5) is 16.9. The molecule has 0 radical (unpaired) electrons. The summed E-state index contributed by atoms with van der Waals surface area (Å²) in [7, 11) is 0. The third-order valence-electron chi connectivity index (χ3n) is 4.68. The molecule has 1 N–H and O–H groups in total. The molecule has 0 aliphatic carbocycles. The lowest BCUT2D eigenvalue weighted by Gasteiger charge is -2.34. The molecule has 1 heterocycles. The number of carbonyl (C=O) groups is 1. The quantitative estimate of drug-likeness (QED) is 0.733. The molecule has 1 amide bonds. The molecule has 0 aromatic heterocycles. The van der Waals surface area contributed by atoms with E-state index in [9.17, 15) is 4.79 Å². The molecule has 1 aromatic carbocycles. The molecule has 1 atom stereocenters. The summed E-state index contributed by atoms with van der Waals surface area (Å²) in [5, 5.41) is 3.06. The van der Waals surface area contributed by atoms with E-state index in [0.29, 0.717) is 19.0 Å². The van der Waals surface area contributed by atoms with Crippen LogP contribution in [0.15, 0.2) is 24.3 Å². The molecule has 1 aromatic rings. The van der Waals surface area contributed by atoms with E-state index in [1.54, 1.807) is 0 Å². The highest BCUT2D eigenvalue weighted by molar-refractivity contribution is 5.78. The smallest absolute Gasteiger partial charge is 0.234 e. The van der Waals surface area contributed by atoms with E-state index in [0.717, 1.165) is 39.3 Å². The van der Waals surface area contributed by atoms with Crippen molar-refractivity contribution in [3.8, 4) is 0 Å². The number of nitrogens with one attached hydrogen (secondary N) is 1. The molecule has 1 unspecified atom stereocenters. The minimum atomic E-state index is 0.0732. The Hall–Kier alpha value is -1.43. The zero-order valence-electron chi connectivity index (χ0n) is 16.8. The molecule has 0 saturated carbocycles. The van der Waals surface area contributed by atoms with Gasteiger partial charge in [-0.2, -0.15) is 0 Å². The largest absolute Gasteiger partial charge is 0.374 e. The number of amides is 1. The van der Waals surface area contributed by atoms with Crippen LogP contribution in [0.2, 0.25) is 0 Å². The van der Waals surface area contributed by atoms with Gasteiger partial charge >= 0.3 is 0 Å². The predicted octanol–water partition coefficient (Wildman–Crippen LogP) is 2.29. The minimum absolute atomic E-state index is 0.0732. The van der Waals surface area contributed by atoms with Crippen LogP contribution in [0.5, 0.6) is 0 Å². The van der Waals surface area contributed by atoms with E-state index >= 15 is 0 Å². The number of hydrogen-bond acceptors (Lipinski definition) is 4. The maximum Gasteiger partial charge on any atom is 0.234 e. The molecule has 26 heavy (non-hydrogen) atoms. The first-order valence-corrected chi connectivity index (χ1v) is 9.84. The zero-order valence-corrected chi connectivity index (χ0v) is 16.8. The summed E-state index contributed by atoms with van der Waals surface area (Å²) in [6, 6.07) is 8.47. The van der Waals surface area contributed by atoms with Crippen LogP contribution in [0, 0.1) is 12.8 Å². The van der Waals surface area contributed by atoms with Crippen LogP contribution in [0.3, 0.4) is 0 Å². The normalized spacial score (nSPS) is 18.5. The van der Waals surface area contributed by atoms with Crippen LogP contribution in [-0.2, 0) is 16.1 Å². The summed E-state index contributed by atoms with van der Waals surface area (Å²) in [5.74, 6) is 0.729. The highest BCUT2D eigenvalue weighted by Gasteiger charge is 2.21. The number of hydrogen-bond donors (Lipinski definition) is 1. The Morgan fingerprint density at radius 1 is 1.42 bits per heavy atom. The second-order valence-corrected chi connectivity index (χ2v) is 7.74. The van der Waals surface area contributed by atoms with E-state index in [2.05, 4.69) is 67.1 Å². The third-order valence-corrected chi connectivity index (χ3v) is 4.68. The Kier molecular flexibility index (Phi) is 8.55. The maximum atomic E-state index is 12.3. The van der Waals surface area contributed by atoms with Crippen molar-refractivity contribution in [3.05, 3.63) is 35.4 Å². The van der Waals surface area contributed by atoms with Crippen molar-refractivity contribution in [3.63, 3.8) is 0 Å². The molecule has 146 valence electrons. The number of benzene rings is 1. The predicted molar refractivity (Wildman–Crippen MR) is 106 cm³/mol. The summed E-state index contributed by atoms with van der Waals surface area (Å²) in [5.41, 5.74) is 2.50. The summed E-state index contributed by atoms with van der Waals surface area (Å²) in [6.45, 7) is 15.1.